The van der Waals surface area contributed by atoms with E-state index < -0.39 is 24.6 Å². The minimum Gasteiger partial charge on any atom is -0.480 e. The predicted molar refractivity (Wildman–Crippen MR) is 66.4 cm³/mol. The Morgan fingerprint density at radius 2 is 2.05 bits per heavy atom. The number of amides is 2. The van der Waals surface area contributed by atoms with E-state index in [0.717, 1.165) is 5.56 Å². The molecule has 0 unspecified atom stereocenters. The molecule has 1 atom stereocenters. The van der Waals surface area contributed by atoms with Crippen molar-refractivity contribution in [2.45, 2.75) is 12.6 Å². The molecule has 2 rings (SSSR count). The second-order valence-electron chi connectivity index (χ2n) is 4.09. The summed E-state index contributed by atoms with van der Waals surface area (Å²) in [4.78, 5) is 22.1. The van der Waals surface area contributed by atoms with E-state index in [-0.39, 0.29) is 13.3 Å². The SMILES string of the molecule is O=C(NCc1ccc2c(c1)OCO2)N[C@@H](CO)C(=O)O. The zero-order valence-electron chi connectivity index (χ0n) is 10.5. The van der Waals surface area contributed by atoms with Gasteiger partial charge in [0.15, 0.2) is 17.5 Å². The van der Waals surface area contributed by atoms with Crippen molar-refractivity contribution in [3.8, 4) is 11.5 Å². The maximum absolute atomic E-state index is 11.5. The van der Waals surface area contributed by atoms with Crippen LogP contribution in [0.5, 0.6) is 11.5 Å². The van der Waals surface area contributed by atoms with Crippen LogP contribution in [0.4, 0.5) is 4.79 Å². The fourth-order valence-electron chi connectivity index (χ4n) is 1.63. The zero-order chi connectivity index (χ0) is 14.5. The number of benzene rings is 1. The Morgan fingerprint density at radius 3 is 2.75 bits per heavy atom. The molecule has 20 heavy (non-hydrogen) atoms. The van der Waals surface area contributed by atoms with E-state index in [1.807, 2.05) is 0 Å². The van der Waals surface area contributed by atoms with Gasteiger partial charge in [0.2, 0.25) is 6.79 Å². The van der Waals surface area contributed by atoms with Crippen molar-refractivity contribution in [1.29, 1.82) is 0 Å². The Balaban J connectivity index is 1.85. The van der Waals surface area contributed by atoms with Gasteiger partial charge in [0.25, 0.3) is 0 Å². The van der Waals surface area contributed by atoms with Gasteiger partial charge >= 0.3 is 12.0 Å². The Morgan fingerprint density at radius 1 is 1.30 bits per heavy atom. The largest absolute Gasteiger partial charge is 0.480 e. The second-order valence-corrected chi connectivity index (χ2v) is 4.09. The number of carbonyl (C=O) groups is 2. The van der Waals surface area contributed by atoms with E-state index in [1.165, 1.54) is 0 Å². The van der Waals surface area contributed by atoms with Crippen LogP contribution in [0, 0.1) is 0 Å². The molecule has 0 radical (unpaired) electrons. The lowest BCUT2D eigenvalue weighted by atomic mass is 10.2. The molecule has 1 aromatic carbocycles. The van der Waals surface area contributed by atoms with Gasteiger partial charge in [-0.1, -0.05) is 6.07 Å². The van der Waals surface area contributed by atoms with Crippen LogP contribution in [0.15, 0.2) is 18.2 Å². The number of aliphatic hydroxyl groups excluding tert-OH is 1. The normalized spacial score (nSPS) is 13.7. The Hall–Kier alpha value is -2.48. The summed E-state index contributed by atoms with van der Waals surface area (Å²) in [5.41, 5.74) is 0.778. The summed E-state index contributed by atoms with van der Waals surface area (Å²) < 4.78 is 10.4. The predicted octanol–water partition coefficient (Wildman–Crippen LogP) is -0.340. The lowest BCUT2D eigenvalue weighted by Crippen LogP contribution is -2.47. The van der Waals surface area contributed by atoms with Crippen LogP contribution in [0.3, 0.4) is 0 Å². The molecule has 1 aliphatic heterocycles. The average molecular weight is 282 g/mol. The molecule has 0 aromatic heterocycles. The van der Waals surface area contributed by atoms with Crippen molar-refractivity contribution in [1.82, 2.24) is 10.6 Å². The molecular formula is C12H14N2O6. The van der Waals surface area contributed by atoms with Crippen LogP contribution in [0.25, 0.3) is 0 Å². The molecular weight excluding hydrogens is 268 g/mol. The lowest BCUT2D eigenvalue weighted by molar-refractivity contribution is -0.140. The molecule has 8 nitrogen and oxygen atoms in total. The molecule has 0 saturated heterocycles. The van der Waals surface area contributed by atoms with Gasteiger partial charge in [-0.2, -0.15) is 0 Å². The molecule has 108 valence electrons. The van der Waals surface area contributed by atoms with Crippen molar-refractivity contribution in [2.75, 3.05) is 13.4 Å². The summed E-state index contributed by atoms with van der Waals surface area (Å²) >= 11 is 0. The first-order chi connectivity index (χ1) is 9.60. The molecule has 0 aliphatic carbocycles. The smallest absolute Gasteiger partial charge is 0.328 e. The number of urea groups is 1. The highest BCUT2D eigenvalue weighted by atomic mass is 16.7. The number of hydrogen-bond donors (Lipinski definition) is 4. The molecule has 0 fully saturated rings. The topological polar surface area (TPSA) is 117 Å². The summed E-state index contributed by atoms with van der Waals surface area (Å²) in [6, 6.07) is 3.21. The zero-order valence-corrected chi connectivity index (χ0v) is 10.5. The third kappa shape index (κ3) is 3.29. The first kappa shape index (κ1) is 13.9. The summed E-state index contributed by atoms with van der Waals surface area (Å²) in [6.07, 6.45) is 0. The quantitative estimate of drug-likeness (QED) is 0.587. The van der Waals surface area contributed by atoms with E-state index in [4.69, 9.17) is 19.7 Å². The molecule has 0 bridgehead atoms. The van der Waals surface area contributed by atoms with E-state index in [1.54, 1.807) is 18.2 Å². The standard InChI is InChI=1S/C12H14N2O6/c15-5-8(11(16)17)14-12(18)13-4-7-1-2-9-10(3-7)20-6-19-9/h1-3,8,15H,4-6H2,(H,16,17)(H2,13,14,18)/t8-/m0/s1. The van der Waals surface area contributed by atoms with Crippen LogP contribution in [0.1, 0.15) is 5.56 Å². The summed E-state index contributed by atoms with van der Waals surface area (Å²) in [7, 11) is 0. The highest BCUT2D eigenvalue weighted by Crippen LogP contribution is 2.32. The van der Waals surface area contributed by atoms with Gasteiger partial charge in [0.05, 0.1) is 6.61 Å². The number of aliphatic hydroxyl groups is 1. The van der Waals surface area contributed by atoms with Gasteiger partial charge in [-0.3, -0.25) is 0 Å². The molecule has 8 heteroatoms. The fourth-order valence-corrected chi connectivity index (χ4v) is 1.63. The number of aliphatic carboxylic acids is 1. The number of ether oxygens (including phenoxy) is 2. The molecule has 1 aromatic rings. The number of carboxylic acids is 1. The van der Waals surface area contributed by atoms with E-state index in [2.05, 4.69) is 10.6 Å². The Kier molecular flexibility index (Phi) is 4.26. The number of carbonyl (C=O) groups excluding carboxylic acids is 1. The Labute approximate surface area is 114 Å². The number of carboxylic acid groups (broad SMARTS) is 1. The maximum atomic E-state index is 11.5. The van der Waals surface area contributed by atoms with Crippen molar-refractivity contribution in [2.24, 2.45) is 0 Å². The van der Waals surface area contributed by atoms with E-state index in [0.29, 0.717) is 11.5 Å². The third-order valence-corrected chi connectivity index (χ3v) is 2.68. The molecule has 4 N–H and O–H groups in total. The van der Waals surface area contributed by atoms with Crippen molar-refractivity contribution >= 4 is 12.0 Å². The second kappa shape index (κ2) is 6.11. The average Bonchev–Trinajstić information content (AvgIpc) is 2.89. The van der Waals surface area contributed by atoms with E-state index >= 15 is 0 Å². The van der Waals surface area contributed by atoms with Gasteiger partial charge < -0.3 is 30.3 Å². The first-order valence-electron chi connectivity index (χ1n) is 5.86. The molecule has 1 aliphatic rings. The van der Waals surface area contributed by atoms with Crippen molar-refractivity contribution in [3.05, 3.63) is 23.8 Å². The number of rotatable bonds is 5. The van der Waals surface area contributed by atoms with Crippen molar-refractivity contribution in [3.63, 3.8) is 0 Å². The molecule has 1 heterocycles. The summed E-state index contributed by atoms with van der Waals surface area (Å²) in [5.74, 6) is -0.0568. The third-order valence-electron chi connectivity index (χ3n) is 2.68. The van der Waals surface area contributed by atoms with Gasteiger partial charge in [-0.05, 0) is 17.7 Å². The number of hydrogen-bond acceptors (Lipinski definition) is 5. The van der Waals surface area contributed by atoms with Gasteiger partial charge in [0, 0.05) is 6.54 Å². The lowest BCUT2D eigenvalue weighted by Gasteiger charge is -2.12. The van der Waals surface area contributed by atoms with Gasteiger partial charge in [-0.15, -0.1) is 0 Å². The number of fused-ring (bicyclic) bond motifs is 1. The summed E-state index contributed by atoms with van der Waals surface area (Å²) in [6.45, 7) is -0.309. The van der Waals surface area contributed by atoms with Gasteiger partial charge in [0.1, 0.15) is 0 Å². The monoisotopic (exact) mass is 282 g/mol. The highest BCUT2D eigenvalue weighted by molar-refractivity contribution is 5.82. The minimum atomic E-state index is -1.33. The fraction of sp³-hybridized carbons (Fsp3) is 0.333. The Bertz CT molecular complexity index is 519. The van der Waals surface area contributed by atoms with Crippen LogP contribution >= 0.6 is 0 Å². The molecule has 2 amide bonds. The van der Waals surface area contributed by atoms with Crippen LogP contribution in [-0.4, -0.2) is 41.7 Å². The van der Waals surface area contributed by atoms with Crippen LogP contribution < -0.4 is 20.1 Å². The maximum Gasteiger partial charge on any atom is 0.328 e. The molecule has 0 saturated carbocycles. The minimum absolute atomic E-state index is 0.170. The van der Waals surface area contributed by atoms with Crippen LogP contribution in [-0.2, 0) is 11.3 Å². The highest BCUT2D eigenvalue weighted by Gasteiger charge is 2.18. The van der Waals surface area contributed by atoms with Crippen molar-refractivity contribution < 1.29 is 29.3 Å². The first-order valence-corrected chi connectivity index (χ1v) is 5.86. The summed E-state index contributed by atoms with van der Waals surface area (Å²) in [5, 5.41) is 22.1. The van der Waals surface area contributed by atoms with Gasteiger partial charge in [-0.25, -0.2) is 9.59 Å². The molecule has 0 spiro atoms. The number of nitrogens with one attached hydrogen (secondary N) is 2. The van der Waals surface area contributed by atoms with E-state index in [9.17, 15) is 9.59 Å². The van der Waals surface area contributed by atoms with Crippen LogP contribution in [0.2, 0.25) is 0 Å².